The number of rotatable bonds is 3. The molecule has 2 N–H and O–H groups in total. The molecule has 1 amide bonds. The first-order valence-corrected chi connectivity index (χ1v) is 10.9. The summed E-state index contributed by atoms with van der Waals surface area (Å²) in [6.07, 6.45) is -3.58. The third kappa shape index (κ3) is 4.86. The molecule has 1 aromatic heterocycles. The first kappa shape index (κ1) is 24.6. The second-order valence-electron chi connectivity index (χ2n) is 9.43. The number of amides is 1. The summed E-state index contributed by atoms with van der Waals surface area (Å²) in [5.41, 5.74) is 3.41. The van der Waals surface area contributed by atoms with Crippen LogP contribution in [0.5, 0.6) is 0 Å². The summed E-state index contributed by atoms with van der Waals surface area (Å²) < 4.78 is 62.1. The number of carbonyl (C=O) groups excluding carboxylic acids is 1. The largest absolute Gasteiger partial charge is 0.444 e. The lowest BCUT2D eigenvalue weighted by Crippen LogP contribution is -2.39. The average molecular weight is 492 g/mol. The van der Waals surface area contributed by atoms with Gasteiger partial charge in [0.15, 0.2) is 0 Å². The van der Waals surface area contributed by atoms with E-state index in [1.54, 1.807) is 20.8 Å². The van der Waals surface area contributed by atoms with Crippen molar-refractivity contribution in [3.05, 3.63) is 69.8 Å². The Labute approximate surface area is 198 Å². The lowest BCUT2D eigenvalue weighted by Gasteiger charge is -2.29. The number of alkyl halides is 2. The minimum absolute atomic E-state index is 0.00338. The van der Waals surface area contributed by atoms with Crippen molar-refractivity contribution in [2.45, 2.75) is 51.3 Å². The lowest BCUT2D eigenvalue weighted by molar-refractivity contribution is 0.0215. The predicted molar refractivity (Wildman–Crippen MR) is 120 cm³/mol. The molecule has 11 heteroatoms. The van der Waals surface area contributed by atoms with Crippen molar-refractivity contribution in [2.24, 2.45) is 5.73 Å². The highest BCUT2D eigenvalue weighted by molar-refractivity contribution is 5.79. The van der Waals surface area contributed by atoms with Crippen LogP contribution in [0.1, 0.15) is 51.0 Å². The van der Waals surface area contributed by atoms with Gasteiger partial charge in [-0.25, -0.2) is 27.3 Å². The van der Waals surface area contributed by atoms with Crippen LogP contribution < -0.4 is 11.3 Å². The highest BCUT2D eigenvalue weighted by Crippen LogP contribution is 2.34. The standard InChI is InChI=1S/C24H24F4N4O3/c1-24(2,3)35-23(34)31-11-14(29)10-18(31)21-30-17-6-4-5-16(26)19(17)22(33)32(21)15-8-12(20(27)28)7-13(25)9-15/h4-9,14,18,20H,10-11,29H2,1-3H3/t14-,18+/m1/s1. The van der Waals surface area contributed by atoms with Crippen molar-refractivity contribution in [1.82, 2.24) is 14.5 Å². The summed E-state index contributed by atoms with van der Waals surface area (Å²) in [4.78, 5) is 32.2. The third-order valence-corrected chi connectivity index (χ3v) is 5.55. The van der Waals surface area contributed by atoms with Crippen molar-refractivity contribution in [2.75, 3.05) is 6.54 Å². The van der Waals surface area contributed by atoms with Gasteiger partial charge in [0, 0.05) is 18.2 Å². The number of hydrogen-bond donors (Lipinski definition) is 1. The van der Waals surface area contributed by atoms with Gasteiger partial charge in [0.25, 0.3) is 12.0 Å². The molecule has 1 aliphatic heterocycles. The zero-order valence-electron chi connectivity index (χ0n) is 19.3. The van der Waals surface area contributed by atoms with E-state index in [0.29, 0.717) is 6.07 Å². The Morgan fingerprint density at radius 3 is 2.57 bits per heavy atom. The fourth-order valence-electron chi connectivity index (χ4n) is 4.17. The number of benzene rings is 2. The van der Waals surface area contributed by atoms with Crippen molar-refractivity contribution < 1.29 is 27.1 Å². The van der Waals surface area contributed by atoms with E-state index in [9.17, 15) is 27.2 Å². The van der Waals surface area contributed by atoms with Gasteiger partial charge >= 0.3 is 6.09 Å². The van der Waals surface area contributed by atoms with Crippen LogP contribution in [0.3, 0.4) is 0 Å². The molecule has 2 aromatic carbocycles. The van der Waals surface area contributed by atoms with Gasteiger partial charge in [-0.2, -0.15) is 0 Å². The van der Waals surface area contributed by atoms with Crippen LogP contribution in [0.2, 0.25) is 0 Å². The van der Waals surface area contributed by atoms with Crippen LogP contribution >= 0.6 is 0 Å². The fourth-order valence-corrected chi connectivity index (χ4v) is 4.17. The molecule has 0 radical (unpaired) electrons. The predicted octanol–water partition coefficient (Wildman–Crippen LogP) is 4.61. The van der Waals surface area contributed by atoms with E-state index in [0.717, 1.165) is 22.8 Å². The number of halogens is 4. The highest BCUT2D eigenvalue weighted by atomic mass is 19.3. The molecule has 3 aromatic rings. The van der Waals surface area contributed by atoms with Crippen LogP contribution in [-0.2, 0) is 4.74 Å². The monoisotopic (exact) mass is 492 g/mol. The molecule has 0 bridgehead atoms. The van der Waals surface area contributed by atoms with Crippen molar-refractivity contribution >= 4 is 17.0 Å². The summed E-state index contributed by atoms with van der Waals surface area (Å²) in [6.45, 7) is 5.12. The van der Waals surface area contributed by atoms with Crippen molar-refractivity contribution in [3.8, 4) is 5.69 Å². The minimum atomic E-state index is -3.02. The van der Waals surface area contributed by atoms with Gasteiger partial charge < -0.3 is 10.5 Å². The summed E-state index contributed by atoms with van der Waals surface area (Å²) in [7, 11) is 0. The molecule has 4 rings (SSSR count). The number of likely N-dealkylation sites (tertiary alicyclic amines) is 1. The Morgan fingerprint density at radius 2 is 1.91 bits per heavy atom. The van der Waals surface area contributed by atoms with E-state index >= 15 is 0 Å². The average Bonchev–Trinajstić information content (AvgIpc) is 3.13. The molecular weight excluding hydrogens is 468 g/mol. The number of hydrogen-bond acceptors (Lipinski definition) is 5. The first-order valence-electron chi connectivity index (χ1n) is 10.9. The summed E-state index contributed by atoms with van der Waals surface area (Å²) in [6, 6.07) is 4.86. The second kappa shape index (κ2) is 8.95. The van der Waals surface area contributed by atoms with Crippen molar-refractivity contribution in [3.63, 3.8) is 0 Å². The minimum Gasteiger partial charge on any atom is -0.444 e. The van der Waals surface area contributed by atoms with Gasteiger partial charge in [-0.3, -0.25) is 14.3 Å². The van der Waals surface area contributed by atoms with Gasteiger partial charge in [0.2, 0.25) is 0 Å². The van der Waals surface area contributed by atoms with Crippen LogP contribution in [-0.4, -0.2) is 38.7 Å². The van der Waals surface area contributed by atoms with Gasteiger partial charge in [-0.1, -0.05) is 6.07 Å². The normalized spacial score (nSPS) is 18.5. The number of aromatic nitrogens is 2. The number of nitrogens with zero attached hydrogens (tertiary/aromatic N) is 3. The summed E-state index contributed by atoms with van der Waals surface area (Å²) >= 11 is 0. The highest BCUT2D eigenvalue weighted by Gasteiger charge is 2.40. The van der Waals surface area contributed by atoms with Gasteiger partial charge in [0.1, 0.15) is 28.4 Å². The molecule has 1 saturated heterocycles. The van der Waals surface area contributed by atoms with Crippen LogP contribution in [0.4, 0.5) is 22.4 Å². The smallest absolute Gasteiger partial charge is 0.410 e. The zero-order valence-corrected chi connectivity index (χ0v) is 19.3. The molecule has 0 saturated carbocycles. The molecule has 186 valence electrons. The zero-order chi connectivity index (χ0) is 25.7. The maximum absolute atomic E-state index is 14.6. The molecule has 7 nitrogen and oxygen atoms in total. The van der Waals surface area contributed by atoms with E-state index in [1.165, 1.54) is 17.0 Å². The van der Waals surface area contributed by atoms with Gasteiger partial charge in [-0.15, -0.1) is 0 Å². The van der Waals surface area contributed by atoms with E-state index in [4.69, 9.17) is 10.5 Å². The van der Waals surface area contributed by atoms with Crippen LogP contribution in [0.15, 0.2) is 41.2 Å². The number of fused-ring (bicyclic) bond motifs is 1. The van der Waals surface area contributed by atoms with Gasteiger partial charge in [-0.05, 0) is 57.5 Å². The van der Waals surface area contributed by atoms with E-state index in [1.807, 2.05) is 0 Å². The quantitative estimate of drug-likeness (QED) is 0.540. The Hall–Kier alpha value is -3.47. The SMILES string of the molecule is CC(C)(C)OC(=O)N1C[C@H](N)C[C@H]1c1nc2cccc(F)c2c(=O)n1-c1cc(F)cc(C(F)F)c1. The molecule has 35 heavy (non-hydrogen) atoms. The molecule has 1 fully saturated rings. The summed E-state index contributed by atoms with van der Waals surface area (Å²) in [5.74, 6) is -1.97. The molecular formula is C24H24F4N4O3. The Kier molecular flexibility index (Phi) is 6.31. The van der Waals surface area contributed by atoms with E-state index in [-0.39, 0.29) is 30.0 Å². The molecule has 0 unspecified atom stereocenters. The van der Waals surface area contributed by atoms with E-state index < -0.39 is 58.3 Å². The number of carbonyl (C=O) groups is 1. The van der Waals surface area contributed by atoms with Crippen molar-refractivity contribution in [1.29, 1.82) is 0 Å². The van der Waals surface area contributed by atoms with Crippen LogP contribution in [0.25, 0.3) is 16.6 Å². The van der Waals surface area contributed by atoms with Crippen LogP contribution in [0, 0.1) is 11.6 Å². The molecule has 0 spiro atoms. The van der Waals surface area contributed by atoms with Gasteiger partial charge in [0.05, 0.1) is 17.2 Å². The second-order valence-corrected chi connectivity index (χ2v) is 9.43. The Balaban J connectivity index is 1.99. The van der Waals surface area contributed by atoms with E-state index in [2.05, 4.69) is 4.98 Å². The Morgan fingerprint density at radius 1 is 1.20 bits per heavy atom. The topological polar surface area (TPSA) is 90.5 Å². The number of ether oxygens (including phenoxy) is 1. The molecule has 0 aliphatic carbocycles. The number of nitrogens with two attached hydrogens (primary N) is 1. The summed E-state index contributed by atoms with van der Waals surface area (Å²) in [5, 5.41) is -0.398. The fraction of sp³-hybridized carbons (Fsp3) is 0.375. The first-order chi connectivity index (χ1) is 16.4. The maximum atomic E-state index is 14.6. The lowest BCUT2D eigenvalue weighted by atomic mass is 10.1. The third-order valence-electron chi connectivity index (χ3n) is 5.55. The molecule has 1 aliphatic rings. The molecule has 2 heterocycles. The molecule has 2 atom stereocenters. The maximum Gasteiger partial charge on any atom is 0.410 e. The Bertz CT molecular complexity index is 1350.